The van der Waals surface area contributed by atoms with Crippen molar-refractivity contribution in [1.29, 1.82) is 0 Å². The molecule has 4 rings (SSSR count). The number of nitrogens with one attached hydrogen (secondary N) is 1. The van der Waals surface area contributed by atoms with Crippen LogP contribution in [0.4, 0.5) is 4.79 Å². The maximum Gasteiger partial charge on any atom is 0.410 e. The van der Waals surface area contributed by atoms with Gasteiger partial charge in [-0.15, -0.1) is 0 Å². The molecule has 5 heteroatoms. The number of hydrogen-bond donors (Lipinski definition) is 1. The van der Waals surface area contributed by atoms with E-state index in [1.807, 2.05) is 20.8 Å². The molecular formula is C22H38N2O3. The number of ether oxygens (including phenoxy) is 2. The molecule has 27 heavy (non-hydrogen) atoms. The normalized spacial score (nSPS) is 37.5. The van der Waals surface area contributed by atoms with Gasteiger partial charge in [0.25, 0.3) is 0 Å². The second-order valence-electron chi connectivity index (χ2n) is 10.3. The summed E-state index contributed by atoms with van der Waals surface area (Å²) >= 11 is 0. The van der Waals surface area contributed by atoms with Crippen molar-refractivity contribution in [3.8, 4) is 0 Å². The second-order valence-corrected chi connectivity index (χ2v) is 10.3. The summed E-state index contributed by atoms with van der Waals surface area (Å²) in [5.74, 6) is 0. The van der Waals surface area contributed by atoms with Crippen LogP contribution in [0.3, 0.4) is 0 Å². The van der Waals surface area contributed by atoms with Crippen molar-refractivity contribution in [3.05, 3.63) is 0 Å². The lowest BCUT2D eigenvalue weighted by atomic mass is 9.60. The van der Waals surface area contributed by atoms with Crippen LogP contribution in [0.2, 0.25) is 0 Å². The second kappa shape index (κ2) is 7.22. The van der Waals surface area contributed by atoms with Crippen LogP contribution in [0.1, 0.15) is 85.5 Å². The monoisotopic (exact) mass is 378 g/mol. The number of amides is 1. The predicted molar refractivity (Wildman–Crippen MR) is 106 cm³/mol. The maximum absolute atomic E-state index is 12.7. The summed E-state index contributed by atoms with van der Waals surface area (Å²) < 4.78 is 11.7. The van der Waals surface area contributed by atoms with Crippen molar-refractivity contribution in [3.63, 3.8) is 0 Å². The molecule has 1 N–H and O–H groups in total. The van der Waals surface area contributed by atoms with Crippen molar-refractivity contribution in [2.75, 3.05) is 6.61 Å². The average Bonchev–Trinajstić information content (AvgIpc) is 3.18. The fourth-order valence-corrected chi connectivity index (χ4v) is 6.33. The molecule has 5 atom stereocenters. The third kappa shape index (κ3) is 3.62. The van der Waals surface area contributed by atoms with E-state index in [2.05, 4.69) is 17.1 Å². The molecule has 4 aliphatic rings. The Morgan fingerprint density at radius 3 is 2.30 bits per heavy atom. The fraction of sp³-hybridized carbons (Fsp3) is 0.955. The lowest BCUT2D eigenvalue weighted by Gasteiger charge is -2.56. The van der Waals surface area contributed by atoms with Crippen LogP contribution in [0.25, 0.3) is 0 Å². The first kappa shape index (κ1) is 19.5. The van der Waals surface area contributed by atoms with Crippen LogP contribution >= 0.6 is 0 Å². The van der Waals surface area contributed by atoms with Crippen LogP contribution in [0.15, 0.2) is 0 Å². The molecule has 1 unspecified atom stereocenters. The van der Waals surface area contributed by atoms with Crippen molar-refractivity contribution in [1.82, 2.24) is 10.2 Å². The Balaban J connectivity index is 1.36. The van der Waals surface area contributed by atoms with Crippen LogP contribution in [-0.2, 0) is 9.47 Å². The summed E-state index contributed by atoms with van der Waals surface area (Å²) in [5, 5.41) is 4.03. The van der Waals surface area contributed by atoms with Crippen LogP contribution < -0.4 is 5.32 Å². The minimum absolute atomic E-state index is 0.110. The van der Waals surface area contributed by atoms with Gasteiger partial charge >= 0.3 is 6.09 Å². The van der Waals surface area contributed by atoms with E-state index in [4.69, 9.17) is 9.47 Å². The van der Waals surface area contributed by atoms with Gasteiger partial charge in [-0.3, -0.25) is 0 Å². The minimum atomic E-state index is -0.416. The molecule has 2 bridgehead atoms. The summed E-state index contributed by atoms with van der Waals surface area (Å²) in [7, 11) is 0. The van der Waals surface area contributed by atoms with E-state index < -0.39 is 5.60 Å². The molecule has 2 aliphatic heterocycles. The highest BCUT2D eigenvalue weighted by Gasteiger charge is 2.57. The van der Waals surface area contributed by atoms with Crippen molar-refractivity contribution >= 4 is 6.09 Å². The Labute approximate surface area is 164 Å². The van der Waals surface area contributed by atoms with E-state index >= 15 is 0 Å². The molecule has 0 aromatic heterocycles. The van der Waals surface area contributed by atoms with E-state index in [1.165, 1.54) is 25.7 Å². The van der Waals surface area contributed by atoms with Gasteiger partial charge in [0.1, 0.15) is 5.60 Å². The van der Waals surface area contributed by atoms with E-state index in [0.29, 0.717) is 35.7 Å². The lowest BCUT2D eigenvalue weighted by Crippen LogP contribution is -2.65. The quantitative estimate of drug-likeness (QED) is 0.795. The average molecular weight is 379 g/mol. The first-order chi connectivity index (χ1) is 12.8. The van der Waals surface area contributed by atoms with Gasteiger partial charge in [-0.1, -0.05) is 12.8 Å². The molecule has 4 fully saturated rings. The Morgan fingerprint density at radius 1 is 1.11 bits per heavy atom. The fourth-order valence-electron chi connectivity index (χ4n) is 6.33. The van der Waals surface area contributed by atoms with E-state index in [-0.39, 0.29) is 6.09 Å². The highest BCUT2D eigenvalue weighted by atomic mass is 16.6. The largest absolute Gasteiger partial charge is 0.444 e. The maximum atomic E-state index is 12.7. The van der Waals surface area contributed by atoms with Crippen molar-refractivity contribution in [2.45, 2.75) is 121 Å². The van der Waals surface area contributed by atoms with Gasteiger partial charge in [0.05, 0.1) is 6.10 Å². The predicted octanol–water partition coefficient (Wildman–Crippen LogP) is 4.24. The van der Waals surface area contributed by atoms with Gasteiger partial charge < -0.3 is 19.7 Å². The molecule has 2 heterocycles. The molecule has 5 nitrogen and oxygen atoms in total. The first-order valence-corrected chi connectivity index (χ1v) is 11.2. The number of rotatable bonds is 4. The zero-order valence-corrected chi connectivity index (χ0v) is 17.6. The Kier molecular flexibility index (Phi) is 5.21. The molecular weight excluding hydrogens is 340 g/mol. The van der Waals surface area contributed by atoms with Gasteiger partial charge in [0, 0.05) is 36.2 Å². The minimum Gasteiger partial charge on any atom is -0.444 e. The number of nitrogens with zero attached hydrogens (tertiary/aromatic N) is 1. The summed E-state index contributed by atoms with van der Waals surface area (Å²) in [5.41, 5.74) is -0.0297. The van der Waals surface area contributed by atoms with Gasteiger partial charge in [0.2, 0.25) is 0 Å². The summed E-state index contributed by atoms with van der Waals surface area (Å²) in [6, 6.07) is 1.83. The zero-order valence-electron chi connectivity index (χ0n) is 17.6. The van der Waals surface area contributed by atoms with Gasteiger partial charge in [-0.25, -0.2) is 4.79 Å². The number of carbonyl (C=O) groups is 1. The number of piperidine rings is 1. The lowest BCUT2D eigenvalue weighted by molar-refractivity contribution is -0.134. The van der Waals surface area contributed by atoms with E-state index in [1.54, 1.807) is 0 Å². The molecule has 2 saturated carbocycles. The number of fused-ring (bicyclic) bond motifs is 2. The highest BCUT2D eigenvalue weighted by Crippen LogP contribution is 2.55. The molecule has 0 radical (unpaired) electrons. The van der Waals surface area contributed by atoms with E-state index in [9.17, 15) is 4.79 Å². The molecule has 1 spiro atoms. The molecule has 154 valence electrons. The third-order valence-electron chi connectivity index (χ3n) is 7.46. The molecule has 1 amide bonds. The topological polar surface area (TPSA) is 50.8 Å². The standard InChI is InChI=1S/C22H38N2O3/c1-5-26-19-14-18(22(19)10-6-7-11-22)23-15-12-16-8-9-17(13-15)24(16)20(25)27-21(2,3)4/h15-19,23H,5-14H2,1-4H3/t15?,16-,17+,18-,19+/m0/s1. The van der Waals surface area contributed by atoms with Crippen LogP contribution in [-0.4, -0.2) is 53.5 Å². The van der Waals surface area contributed by atoms with Gasteiger partial charge in [-0.2, -0.15) is 0 Å². The van der Waals surface area contributed by atoms with Crippen molar-refractivity contribution in [2.24, 2.45) is 5.41 Å². The smallest absolute Gasteiger partial charge is 0.410 e. The highest BCUT2D eigenvalue weighted by molar-refractivity contribution is 5.69. The first-order valence-electron chi connectivity index (χ1n) is 11.2. The summed E-state index contributed by atoms with van der Waals surface area (Å²) in [6.45, 7) is 8.81. The molecule has 0 aromatic rings. The zero-order chi connectivity index (χ0) is 19.2. The summed E-state index contributed by atoms with van der Waals surface area (Å²) in [4.78, 5) is 14.7. The summed E-state index contributed by atoms with van der Waals surface area (Å²) in [6.07, 6.45) is 11.2. The van der Waals surface area contributed by atoms with E-state index in [0.717, 1.165) is 38.7 Å². The molecule has 2 aliphatic carbocycles. The number of carbonyl (C=O) groups excluding carboxylic acids is 1. The third-order valence-corrected chi connectivity index (χ3v) is 7.46. The Hall–Kier alpha value is -0.810. The molecule has 0 aromatic carbocycles. The van der Waals surface area contributed by atoms with Crippen LogP contribution in [0, 0.1) is 5.41 Å². The Morgan fingerprint density at radius 2 is 1.74 bits per heavy atom. The number of hydrogen-bond acceptors (Lipinski definition) is 4. The van der Waals surface area contributed by atoms with Gasteiger partial charge in [0.15, 0.2) is 0 Å². The van der Waals surface area contributed by atoms with Crippen LogP contribution in [0.5, 0.6) is 0 Å². The van der Waals surface area contributed by atoms with Gasteiger partial charge in [-0.05, 0) is 72.6 Å². The Bertz CT molecular complexity index is 538. The SMILES string of the molecule is CCO[C@@H]1C[C@H](NC2C[C@H]3CC[C@@H](C2)N3C(=O)OC(C)(C)C)C12CCCC2. The molecule has 2 saturated heterocycles. The van der Waals surface area contributed by atoms with Crippen molar-refractivity contribution < 1.29 is 14.3 Å².